The van der Waals surface area contributed by atoms with E-state index in [1.807, 2.05) is 6.92 Å². The highest BCUT2D eigenvalue weighted by molar-refractivity contribution is 6.19. The van der Waals surface area contributed by atoms with E-state index < -0.39 is 17.9 Å². The second-order valence-corrected chi connectivity index (χ2v) is 3.90. The van der Waals surface area contributed by atoms with E-state index >= 15 is 0 Å². The molecule has 0 heterocycles. The van der Waals surface area contributed by atoms with Gasteiger partial charge in [-0.05, 0) is 13.3 Å². The van der Waals surface area contributed by atoms with Gasteiger partial charge in [0.15, 0.2) is 0 Å². The summed E-state index contributed by atoms with van der Waals surface area (Å²) in [6, 6.07) is -0.597. The van der Waals surface area contributed by atoms with Crippen molar-refractivity contribution in [3.63, 3.8) is 0 Å². The van der Waals surface area contributed by atoms with Gasteiger partial charge in [0.25, 0.3) is 0 Å². The number of carbonyl (C=O) groups excluding carboxylic acids is 3. The van der Waals surface area contributed by atoms with Crippen LogP contribution in [0.1, 0.15) is 26.7 Å². The van der Waals surface area contributed by atoms with Crippen molar-refractivity contribution < 1.29 is 19.1 Å². The zero-order chi connectivity index (χ0) is 14.0. The molecule has 0 saturated carbocycles. The molecule has 0 unspecified atom stereocenters. The van der Waals surface area contributed by atoms with Gasteiger partial charge >= 0.3 is 12.0 Å². The lowest BCUT2D eigenvalue weighted by Gasteiger charge is -2.20. The third kappa shape index (κ3) is 7.11. The van der Waals surface area contributed by atoms with E-state index in [4.69, 9.17) is 16.3 Å². The third-order valence-corrected chi connectivity index (χ3v) is 2.16. The van der Waals surface area contributed by atoms with Crippen molar-refractivity contribution in [2.24, 2.45) is 0 Å². The fourth-order valence-corrected chi connectivity index (χ4v) is 1.40. The molecule has 7 heteroatoms. The van der Waals surface area contributed by atoms with Crippen LogP contribution in [0.2, 0.25) is 0 Å². The minimum absolute atomic E-state index is 0.0622. The van der Waals surface area contributed by atoms with Crippen molar-refractivity contribution in [3.8, 4) is 0 Å². The predicted octanol–water partition coefficient (Wildman–Crippen LogP) is 1.13. The van der Waals surface area contributed by atoms with Crippen LogP contribution in [0.3, 0.4) is 0 Å². The molecule has 0 atom stereocenters. The highest BCUT2D eigenvalue weighted by atomic mass is 35.5. The number of halogens is 1. The third-order valence-electron chi connectivity index (χ3n) is 1.97. The van der Waals surface area contributed by atoms with E-state index in [1.54, 1.807) is 6.92 Å². The summed E-state index contributed by atoms with van der Waals surface area (Å²) in [7, 11) is 0. The number of rotatable bonds is 7. The van der Waals surface area contributed by atoms with Crippen LogP contribution in [0.4, 0.5) is 4.79 Å². The molecule has 1 N–H and O–H groups in total. The first-order valence-corrected chi connectivity index (χ1v) is 6.38. The first kappa shape index (κ1) is 16.7. The van der Waals surface area contributed by atoms with Crippen LogP contribution in [0, 0.1) is 0 Å². The molecule has 0 aromatic carbocycles. The Hall–Kier alpha value is -1.30. The molecule has 104 valence electrons. The predicted molar refractivity (Wildman–Crippen MR) is 67.4 cm³/mol. The number of imide groups is 1. The average Bonchev–Trinajstić information content (AvgIpc) is 2.29. The van der Waals surface area contributed by atoms with Gasteiger partial charge in [0.1, 0.15) is 6.54 Å². The Labute approximate surface area is 112 Å². The number of nitrogens with one attached hydrogen (secondary N) is 1. The monoisotopic (exact) mass is 278 g/mol. The quantitative estimate of drug-likeness (QED) is 0.559. The van der Waals surface area contributed by atoms with Crippen LogP contribution in [0.15, 0.2) is 0 Å². The fourth-order valence-electron chi connectivity index (χ4n) is 1.23. The number of ether oxygens (including phenoxy) is 1. The van der Waals surface area contributed by atoms with Gasteiger partial charge in [-0.15, -0.1) is 11.6 Å². The molecule has 0 aromatic heterocycles. The number of esters is 1. The molecule has 0 spiro atoms. The van der Waals surface area contributed by atoms with Crippen LogP contribution in [-0.4, -0.2) is 48.4 Å². The van der Waals surface area contributed by atoms with Gasteiger partial charge < -0.3 is 9.64 Å². The van der Waals surface area contributed by atoms with Crippen molar-refractivity contribution >= 4 is 29.5 Å². The van der Waals surface area contributed by atoms with Gasteiger partial charge in [-0.2, -0.15) is 0 Å². The van der Waals surface area contributed by atoms with Crippen LogP contribution in [0.25, 0.3) is 0 Å². The molecule has 0 fully saturated rings. The maximum atomic E-state index is 11.7. The lowest BCUT2D eigenvalue weighted by atomic mass is 10.4. The van der Waals surface area contributed by atoms with Crippen LogP contribution in [-0.2, 0) is 14.3 Å². The SMILES string of the molecule is CCCN(CC(=O)OCC)C(=O)NC(=O)CCCl. The Morgan fingerprint density at radius 3 is 2.44 bits per heavy atom. The molecule has 0 saturated heterocycles. The molecule has 0 aromatic rings. The molecular weight excluding hydrogens is 260 g/mol. The van der Waals surface area contributed by atoms with Gasteiger partial charge in [-0.25, -0.2) is 4.79 Å². The molecule has 0 aliphatic heterocycles. The highest BCUT2D eigenvalue weighted by Gasteiger charge is 2.18. The standard InChI is InChI=1S/C11H19ClN2O4/c1-3-7-14(8-10(16)18-4-2)11(17)13-9(15)5-6-12/h3-8H2,1-2H3,(H,13,15,17). The number of amides is 3. The smallest absolute Gasteiger partial charge is 0.325 e. The summed E-state index contributed by atoms with van der Waals surface area (Å²) in [5.74, 6) is -0.809. The zero-order valence-corrected chi connectivity index (χ0v) is 11.5. The number of carbonyl (C=O) groups is 3. The second-order valence-electron chi connectivity index (χ2n) is 3.52. The van der Waals surface area contributed by atoms with Gasteiger partial charge in [0, 0.05) is 18.8 Å². The maximum absolute atomic E-state index is 11.7. The van der Waals surface area contributed by atoms with E-state index in [1.165, 1.54) is 4.90 Å². The fraction of sp³-hybridized carbons (Fsp3) is 0.727. The highest BCUT2D eigenvalue weighted by Crippen LogP contribution is 1.95. The molecule has 6 nitrogen and oxygen atoms in total. The molecule has 0 rings (SSSR count). The van der Waals surface area contributed by atoms with Gasteiger partial charge in [0.2, 0.25) is 5.91 Å². The topological polar surface area (TPSA) is 75.7 Å². The van der Waals surface area contributed by atoms with Gasteiger partial charge in [0.05, 0.1) is 6.61 Å². The van der Waals surface area contributed by atoms with Crippen molar-refractivity contribution in [3.05, 3.63) is 0 Å². The Morgan fingerprint density at radius 2 is 1.94 bits per heavy atom. The summed E-state index contributed by atoms with van der Waals surface area (Å²) in [6.07, 6.45) is 0.739. The summed E-state index contributed by atoms with van der Waals surface area (Å²) in [6.45, 7) is 4.02. The van der Waals surface area contributed by atoms with Crippen molar-refractivity contribution in [2.45, 2.75) is 26.7 Å². The van der Waals surface area contributed by atoms with Crippen molar-refractivity contribution in [1.29, 1.82) is 0 Å². The van der Waals surface area contributed by atoms with Crippen LogP contribution < -0.4 is 5.32 Å². The maximum Gasteiger partial charge on any atom is 0.325 e. The summed E-state index contributed by atoms with van der Waals surface area (Å²) in [5, 5.41) is 2.17. The summed E-state index contributed by atoms with van der Waals surface area (Å²) in [4.78, 5) is 35.5. The first-order chi connectivity index (χ1) is 8.54. The van der Waals surface area contributed by atoms with Crippen LogP contribution >= 0.6 is 11.6 Å². The number of alkyl halides is 1. The molecule has 3 amide bonds. The molecule has 0 bridgehead atoms. The average molecular weight is 279 g/mol. The van der Waals surface area contributed by atoms with Crippen molar-refractivity contribution in [2.75, 3.05) is 25.6 Å². The zero-order valence-electron chi connectivity index (χ0n) is 10.7. The minimum Gasteiger partial charge on any atom is -0.465 e. The van der Waals surface area contributed by atoms with Gasteiger partial charge in [-0.3, -0.25) is 14.9 Å². The number of hydrogen-bond donors (Lipinski definition) is 1. The lowest BCUT2D eigenvalue weighted by Crippen LogP contribution is -2.45. The Morgan fingerprint density at radius 1 is 1.28 bits per heavy atom. The van der Waals surface area contributed by atoms with E-state index in [0.717, 1.165) is 0 Å². The first-order valence-electron chi connectivity index (χ1n) is 5.85. The minimum atomic E-state index is -0.597. The molecular formula is C11H19ClN2O4. The number of nitrogens with zero attached hydrogens (tertiary/aromatic N) is 1. The Balaban J connectivity index is 4.34. The summed E-state index contributed by atoms with van der Waals surface area (Å²) >= 11 is 5.39. The molecule has 0 radical (unpaired) electrons. The largest absolute Gasteiger partial charge is 0.465 e. The second kappa shape index (κ2) is 9.70. The molecule has 0 aliphatic carbocycles. The lowest BCUT2D eigenvalue weighted by molar-refractivity contribution is -0.143. The summed E-state index contributed by atoms with van der Waals surface area (Å²) in [5.41, 5.74) is 0. The van der Waals surface area contributed by atoms with Crippen molar-refractivity contribution in [1.82, 2.24) is 10.2 Å². The van der Waals surface area contributed by atoms with E-state index in [2.05, 4.69) is 5.32 Å². The summed E-state index contributed by atoms with van der Waals surface area (Å²) < 4.78 is 4.75. The molecule has 0 aliphatic rings. The Bertz CT molecular complexity index is 297. The number of urea groups is 1. The van der Waals surface area contributed by atoms with E-state index in [9.17, 15) is 14.4 Å². The van der Waals surface area contributed by atoms with Crippen LogP contribution in [0.5, 0.6) is 0 Å². The normalized spacial score (nSPS) is 9.72. The molecule has 18 heavy (non-hydrogen) atoms. The number of hydrogen-bond acceptors (Lipinski definition) is 4. The van der Waals surface area contributed by atoms with E-state index in [0.29, 0.717) is 13.0 Å². The Kier molecular flexibility index (Phi) is 9.00. The van der Waals surface area contributed by atoms with E-state index in [-0.39, 0.29) is 25.5 Å². The van der Waals surface area contributed by atoms with Gasteiger partial charge in [-0.1, -0.05) is 6.92 Å².